The van der Waals surface area contributed by atoms with E-state index in [9.17, 15) is 24.5 Å². The summed E-state index contributed by atoms with van der Waals surface area (Å²) in [6.07, 6.45) is -3.27. The molecule has 1 aromatic carbocycles. The van der Waals surface area contributed by atoms with Gasteiger partial charge < -0.3 is 23.5 Å². The summed E-state index contributed by atoms with van der Waals surface area (Å²) in [7, 11) is -1.27. The summed E-state index contributed by atoms with van der Waals surface area (Å²) in [6.45, 7) is 4.82. The van der Waals surface area contributed by atoms with Gasteiger partial charge in [-0.1, -0.05) is 23.3 Å². The van der Waals surface area contributed by atoms with E-state index in [2.05, 4.69) is 15.0 Å². The highest BCUT2D eigenvalue weighted by Gasteiger charge is 2.52. The van der Waals surface area contributed by atoms with Crippen LogP contribution in [0.3, 0.4) is 0 Å². The van der Waals surface area contributed by atoms with Crippen LogP contribution in [0.5, 0.6) is 0 Å². The highest BCUT2D eigenvalue weighted by molar-refractivity contribution is 7.62. The number of aromatic nitrogens is 2. The number of hydrogen-bond donors (Lipinski definition) is 1. The molecule has 1 fully saturated rings. The molecule has 2 heterocycles. The molecule has 0 radical (unpaired) electrons. The van der Waals surface area contributed by atoms with Crippen molar-refractivity contribution in [2.45, 2.75) is 37.5 Å². The Hall–Kier alpha value is -3.21. The van der Waals surface area contributed by atoms with Gasteiger partial charge >= 0.3 is 11.7 Å². The van der Waals surface area contributed by atoms with Crippen LogP contribution in [0.4, 0.5) is 0 Å². The molecular formula is C23H30N5O8P. The van der Waals surface area contributed by atoms with Crippen molar-refractivity contribution in [1.82, 2.24) is 9.55 Å². The number of nitrogens with zero attached hydrogens (tertiary/aromatic N) is 4. The summed E-state index contributed by atoms with van der Waals surface area (Å²) in [5.74, 6) is -0.693. The molecule has 0 spiro atoms. The molecule has 5 atom stereocenters. The van der Waals surface area contributed by atoms with Crippen LogP contribution in [-0.2, 0) is 23.5 Å². The number of hydrogen-bond acceptors (Lipinski definition) is 9. The molecular weight excluding hydrogens is 505 g/mol. The number of esters is 1. The molecule has 0 amide bonds. The Bertz CT molecular complexity index is 1300. The summed E-state index contributed by atoms with van der Waals surface area (Å²) >= 11 is 0. The zero-order chi connectivity index (χ0) is 27.2. The normalized spacial score (nSPS) is 22.3. The molecule has 1 aliphatic rings. The third-order valence-electron chi connectivity index (χ3n) is 5.70. The predicted molar refractivity (Wildman–Crippen MR) is 134 cm³/mol. The van der Waals surface area contributed by atoms with Crippen molar-refractivity contribution in [3.8, 4) is 0 Å². The molecule has 2 aromatic rings. The number of benzene rings is 1. The molecule has 200 valence electrons. The third-order valence-corrected chi connectivity index (χ3v) is 6.96. The molecule has 14 heteroatoms. The van der Waals surface area contributed by atoms with Crippen LogP contribution in [0.25, 0.3) is 10.4 Å². The lowest BCUT2D eigenvalue weighted by atomic mass is 10.0. The van der Waals surface area contributed by atoms with E-state index in [0.717, 1.165) is 4.57 Å². The van der Waals surface area contributed by atoms with Gasteiger partial charge in [0.1, 0.15) is 12.2 Å². The Morgan fingerprint density at radius 2 is 1.95 bits per heavy atom. The Balaban J connectivity index is 2.11. The van der Waals surface area contributed by atoms with Gasteiger partial charge in [0.05, 0.1) is 32.0 Å². The van der Waals surface area contributed by atoms with Gasteiger partial charge in [-0.05, 0) is 37.9 Å². The third kappa shape index (κ3) is 7.18. The van der Waals surface area contributed by atoms with E-state index < -0.39 is 54.9 Å². The topological polar surface area (TPSA) is 175 Å². The van der Waals surface area contributed by atoms with Gasteiger partial charge in [0.15, 0.2) is 12.3 Å². The molecule has 3 rings (SSSR count). The second-order valence-electron chi connectivity index (χ2n) is 9.06. The molecule has 1 N–H and O–H groups in total. The van der Waals surface area contributed by atoms with Gasteiger partial charge in [-0.25, -0.2) is 9.59 Å². The molecule has 37 heavy (non-hydrogen) atoms. The van der Waals surface area contributed by atoms with Gasteiger partial charge in [0, 0.05) is 29.9 Å². The molecule has 0 bridgehead atoms. The van der Waals surface area contributed by atoms with Gasteiger partial charge in [0.2, 0.25) is 0 Å². The van der Waals surface area contributed by atoms with E-state index in [4.69, 9.17) is 18.9 Å². The van der Waals surface area contributed by atoms with Crippen LogP contribution >= 0.6 is 7.14 Å². The van der Waals surface area contributed by atoms with Gasteiger partial charge in [-0.3, -0.25) is 14.3 Å². The molecule has 0 aliphatic carbocycles. The number of carbonyl (C=O) groups excluding carboxylic acids is 1. The lowest BCUT2D eigenvalue weighted by Crippen LogP contribution is -2.44. The summed E-state index contributed by atoms with van der Waals surface area (Å²) in [5, 5.41) is 3.80. The van der Waals surface area contributed by atoms with E-state index in [-0.39, 0.29) is 30.5 Å². The van der Waals surface area contributed by atoms with Crippen LogP contribution in [-0.4, -0.2) is 79.7 Å². The van der Waals surface area contributed by atoms with Crippen LogP contribution in [0.15, 0.2) is 51.2 Å². The fourth-order valence-electron chi connectivity index (χ4n) is 4.04. The number of H-pyrrole nitrogens is 1. The van der Waals surface area contributed by atoms with Crippen LogP contribution in [0, 0.1) is 6.92 Å². The van der Waals surface area contributed by atoms with Gasteiger partial charge in [0.25, 0.3) is 5.56 Å². The second-order valence-corrected chi connectivity index (χ2v) is 12.6. The Labute approximate surface area is 212 Å². The number of azide groups is 1. The maximum atomic E-state index is 13.1. The Kier molecular flexibility index (Phi) is 9.47. The van der Waals surface area contributed by atoms with E-state index in [0.29, 0.717) is 0 Å². The number of aromatic amines is 1. The first-order valence-electron chi connectivity index (χ1n) is 11.5. The molecule has 0 saturated carbocycles. The minimum atomic E-state index is -2.75. The number of carbonyl (C=O) groups is 1. The quantitative estimate of drug-likeness (QED) is 0.114. The van der Waals surface area contributed by atoms with E-state index in [1.54, 1.807) is 30.3 Å². The molecule has 1 unspecified atom stereocenters. The Morgan fingerprint density at radius 3 is 2.57 bits per heavy atom. The predicted octanol–water partition coefficient (Wildman–Crippen LogP) is 2.30. The van der Waals surface area contributed by atoms with E-state index >= 15 is 0 Å². The second kappa shape index (κ2) is 12.4. The monoisotopic (exact) mass is 535 g/mol. The Morgan fingerprint density at radius 1 is 1.24 bits per heavy atom. The molecule has 1 saturated heterocycles. The number of aryl methyl sites for hydroxylation is 1. The van der Waals surface area contributed by atoms with Gasteiger partial charge in [-0.15, -0.1) is 0 Å². The number of ether oxygens (including phenoxy) is 4. The molecule has 1 aliphatic heterocycles. The van der Waals surface area contributed by atoms with Crippen molar-refractivity contribution in [3.05, 3.63) is 78.9 Å². The average molecular weight is 535 g/mol. The van der Waals surface area contributed by atoms with Crippen molar-refractivity contribution in [1.29, 1.82) is 0 Å². The largest absolute Gasteiger partial charge is 0.453 e. The number of nitrogens with one attached hydrogen (secondary N) is 1. The summed E-state index contributed by atoms with van der Waals surface area (Å²) < 4.78 is 36.9. The number of rotatable bonds is 11. The van der Waals surface area contributed by atoms with Crippen molar-refractivity contribution in [2.24, 2.45) is 5.11 Å². The van der Waals surface area contributed by atoms with Crippen LogP contribution in [0.2, 0.25) is 0 Å². The van der Waals surface area contributed by atoms with Crippen molar-refractivity contribution in [3.63, 3.8) is 0 Å². The lowest BCUT2D eigenvalue weighted by molar-refractivity contribution is -0.0823. The lowest BCUT2D eigenvalue weighted by Gasteiger charge is -2.27. The van der Waals surface area contributed by atoms with Crippen LogP contribution in [0.1, 0.15) is 22.1 Å². The smallest absolute Gasteiger partial charge is 0.338 e. The minimum Gasteiger partial charge on any atom is -0.453 e. The van der Waals surface area contributed by atoms with Crippen molar-refractivity contribution >= 4 is 13.1 Å². The maximum Gasteiger partial charge on any atom is 0.338 e. The molecule has 1 aromatic heterocycles. The fourth-order valence-corrected chi connectivity index (χ4v) is 5.22. The zero-order valence-corrected chi connectivity index (χ0v) is 21.9. The van der Waals surface area contributed by atoms with Gasteiger partial charge in [-0.2, -0.15) is 0 Å². The molecule has 13 nitrogen and oxygen atoms in total. The summed E-state index contributed by atoms with van der Waals surface area (Å²) in [5.41, 5.74) is 8.39. The first-order chi connectivity index (χ1) is 17.6. The number of methoxy groups -OCH3 is 1. The van der Waals surface area contributed by atoms with E-state index in [1.807, 2.05) is 0 Å². The average Bonchev–Trinajstić information content (AvgIpc) is 3.18. The fraction of sp³-hybridized carbons (Fsp3) is 0.522. The standard InChI is InChI=1S/C23H30N5O8P/c1-14-12-28(23(31)25-20(14)29)21-19(34-11-10-33-2)18(36-22(30)15-8-6-5-7-9-15)17(35-21)16(26-27-24)13-37(3,4)32/h5-9,12,16-19,21H,10-11,13H2,1-4H3,(H,25,29,31)/t16?,17-,18-,19-,21-/m1/s1. The van der Waals surface area contributed by atoms with E-state index in [1.165, 1.54) is 33.6 Å². The van der Waals surface area contributed by atoms with Crippen LogP contribution < -0.4 is 11.2 Å². The minimum absolute atomic E-state index is 0.0435. The first-order valence-corrected chi connectivity index (χ1v) is 14.3. The SMILES string of the molecule is COCCO[C@@H]1[C@H](OC(=O)c2ccccc2)[C@@H](C(CP(C)(C)=O)N=[N+]=[N-])O[C@H]1n1cc(C)c(=O)[nH]c1=O. The van der Waals surface area contributed by atoms with Crippen molar-refractivity contribution < 1.29 is 28.3 Å². The summed E-state index contributed by atoms with van der Waals surface area (Å²) in [6, 6.07) is 7.21. The highest BCUT2D eigenvalue weighted by Crippen LogP contribution is 2.42. The zero-order valence-electron chi connectivity index (χ0n) is 21.0. The highest BCUT2D eigenvalue weighted by atomic mass is 31.2. The summed E-state index contributed by atoms with van der Waals surface area (Å²) in [4.78, 5) is 42.9. The van der Waals surface area contributed by atoms with Crippen molar-refractivity contribution in [2.75, 3.05) is 39.8 Å². The maximum absolute atomic E-state index is 13.1. The first kappa shape index (κ1) is 28.4.